The van der Waals surface area contributed by atoms with Gasteiger partial charge in [-0.1, -0.05) is 29.8 Å². The number of thiocarbonyl (C=S) groups is 1. The highest BCUT2D eigenvalue weighted by atomic mass is 32.1. The zero-order valence-corrected chi connectivity index (χ0v) is 10.1. The van der Waals surface area contributed by atoms with Crippen LogP contribution in [0.5, 0.6) is 0 Å². The third kappa shape index (κ3) is 3.18. The molecule has 15 heavy (non-hydrogen) atoms. The second-order valence-corrected chi connectivity index (χ2v) is 4.50. The SMILES string of the molecule is Cc1ccc(C(C)(C)NC(=S)NN)cc1. The molecule has 1 rings (SSSR count). The topological polar surface area (TPSA) is 50.1 Å². The molecule has 0 fully saturated rings. The largest absolute Gasteiger partial charge is 0.353 e. The van der Waals surface area contributed by atoms with Gasteiger partial charge in [0.1, 0.15) is 0 Å². The molecule has 0 spiro atoms. The maximum absolute atomic E-state index is 5.23. The molecule has 0 aliphatic carbocycles. The summed E-state index contributed by atoms with van der Waals surface area (Å²) >= 11 is 4.98. The van der Waals surface area contributed by atoms with E-state index in [1.807, 2.05) is 0 Å². The number of aryl methyl sites for hydroxylation is 1. The van der Waals surface area contributed by atoms with E-state index in [2.05, 4.69) is 55.8 Å². The Balaban J connectivity index is 2.85. The van der Waals surface area contributed by atoms with Gasteiger partial charge in [0.2, 0.25) is 0 Å². The highest BCUT2D eigenvalue weighted by molar-refractivity contribution is 7.80. The van der Waals surface area contributed by atoms with Crippen molar-refractivity contribution in [3.8, 4) is 0 Å². The molecule has 0 saturated heterocycles. The van der Waals surface area contributed by atoms with Gasteiger partial charge in [-0.05, 0) is 38.6 Å². The molecule has 4 heteroatoms. The molecule has 4 N–H and O–H groups in total. The van der Waals surface area contributed by atoms with Gasteiger partial charge in [0.15, 0.2) is 5.11 Å². The van der Waals surface area contributed by atoms with Crippen LogP contribution in [0.2, 0.25) is 0 Å². The number of hydrogen-bond acceptors (Lipinski definition) is 2. The van der Waals surface area contributed by atoms with Gasteiger partial charge in [-0.3, -0.25) is 0 Å². The molecule has 0 aliphatic rings. The fourth-order valence-corrected chi connectivity index (χ4v) is 1.62. The van der Waals surface area contributed by atoms with Gasteiger partial charge in [0.25, 0.3) is 0 Å². The van der Waals surface area contributed by atoms with Crippen molar-refractivity contribution in [2.75, 3.05) is 0 Å². The smallest absolute Gasteiger partial charge is 0.181 e. The van der Waals surface area contributed by atoms with E-state index >= 15 is 0 Å². The summed E-state index contributed by atoms with van der Waals surface area (Å²) in [5.41, 5.74) is 4.61. The molecule has 0 saturated carbocycles. The van der Waals surface area contributed by atoms with Gasteiger partial charge in [-0.15, -0.1) is 0 Å². The van der Waals surface area contributed by atoms with Crippen LogP contribution in [-0.2, 0) is 5.54 Å². The third-order valence-corrected chi connectivity index (χ3v) is 2.55. The lowest BCUT2D eigenvalue weighted by atomic mass is 9.94. The Labute approximate surface area is 96.0 Å². The number of nitrogens with two attached hydrogens (primary N) is 1. The van der Waals surface area contributed by atoms with Crippen molar-refractivity contribution >= 4 is 17.3 Å². The van der Waals surface area contributed by atoms with E-state index in [0.717, 1.165) is 0 Å². The van der Waals surface area contributed by atoms with Crippen LogP contribution in [0.4, 0.5) is 0 Å². The van der Waals surface area contributed by atoms with Crippen molar-refractivity contribution in [2.24, 2.45) is 5.84 Å². The molecule has 0 aliphatic heterocycles. The lowest BCUT2D eigenvalue weighted by Crippen LogP contribution is -2.48. The summed E-state index contributed by atoms with van der Waals surface area (Å²) in [5.74, 6) is 5.23. The van der Waals surface area contributed by atoms with Gasteiger partial charge < -0.3 is 10.7 Å². The van der Waals surface area contributed by atoms with E-state index in [1.54, 1.807) is 0 Å². The predicted molar refractivity (Wildman–Crippen MR) is 67.3 cm³/mol. The first kappa shape index (κ1) is 11.9. The molecule has 0 amide bonds. The van der Waals surface area contributed by atoms with Gasteiger partial charge in [-0.2, -0.15) is 0 Å². The molecule has 0 heterocycles. The first-order valence-corrected chi connectivity index (χ1v) is 5.22. The van der Waals surface area contributed by atoms with E-state index in [1.165, 1.54) is 11.1 Å². The Morgan fingerprint density at radius 1 is 1.27 bits per heavy atom. The summed E-state index contributed by atoms with van der Waals surface area (Å²) in [5, 5.41) is 3.58. The molecule has 82 valence electrons. The molecular formula is C11H17N3S. The summed E-state index contributed by atoms with van der Waals surface area (Å²) in [4.78, 5) is 0. The maximum Gasteiger partial charge on any atom is 0.181 e. The minimum Gasteiger partial charge on any atom is -0.353 e. The summed E-state index contributed by atoms with van der Waals surface area (Å²) in [6.07, 6.45) is 0. The minimum atomic E-state index is -0.225. The van der Waals surface area contributed by atoms with E-state index in [4.69, 9.17) is 18.1 Å². The first-order chi connectivity index (χ1) is 6.95. The van der Waals surface area contributed by atoms with Crippen molar-refractivity contribution in [1.82, 2.24) is 10.7 Å². The van der Waals surface area contributed by atoms with Crippen LogP contribution >= 0.6 is 12.2 Å². The first-order valence-electron chi connectivity index (χ1n) is 4.81. The van der Waals surface area contributed by atoms with Crippen LogP contribution in [-0.4, -0.2) is 5.11 Å². The van der Waals surface area contributed by atoms with Gasteiger partial charge >= 0.3 is 0 Å². The highest BCUT2D eigenvalue weighted by Gasteiger charge is 2.20. The summed E-state index contributed by atoms with van der Waals surface area (Å²) in [6.45, 7) is 6.18. The molecule has 1 aromatic carbocycles. The standard InChI is InChI=1S/C11H17N3S/c1-8-4-6-9(7-5-8)11(2,3)13-10(15)14-12/h4-7H,12H2,1-3H3,(H2,13,14,15). The molecule has 1 aromatic rings. The monoisotopic (exact) mass is 223 g/mol. The molecule has 0 atom stereocenters. The van der Waals surface area contributed by atoms with Gasteiger partial charge in [-0.25, -0.2) is 5.84 Å². The Morgan fingerprint density at radius 3 is 2.27 bits per heavy atom. The molecule has 3 nitrogen and oxygen atoms in total. The summed E-state index contributed by atoms with van der Waals surface area (Å²) in [7, 11) is 0. The Hall–Kier alpha value is -1.13. The number of rotatable bonds is 2. The average Bonchev–Trinajstić information content (AvgIpc) is 2.17. The zero-order chi connectivity index (χ0) is 11.5. The number of benzene rings is 1. The molecule has 0 aromatic heterocycles. The summed E-state index contributed by atoms with van der Waals surface area (Å²) in [6, 6.07) is 8.33. The van der Waals surface area contributed by atoms with Crippen molar-refractivity contribution in [1.29, 1.82) is 0 Å². The lowest BCUT2D eigenvalue weighted by Gasteiger charge is -2.28. The van der Waals surface area contributed by atoms with Crippen LogP contribution in [0.3, 0.4) is 0 Å². The number of hydrazine groups is 1. The van der Waals surface area contributed by atoms with Gasteiger partial charge in [0, 0.05) is 0 Å². The van der Waals surface area contributed by atoms with Crippen molar-refractivity contribution in [3.05, 3.63) is 35.4 Å². The van der Waals surface area contributed by atoms with E-state index in [9.17, 15) is 0 Å². The third-order valence-electron chi connectivity index (χ3n) is 2.33. The number of nitrogens with one attached hydrogen (secondary N) is 2. The van der Waals surface area contributed by atoms with Crippen LogP contribution < -0.4 is 16.6 Å². The quantitative estimate of drug-likeness (QED) is 0.405. The van der Waals surface area contributed by atoms with Crippen molar-refractivity contribution in [3.63, 3.8) is 0 Å². The maximum atomic E-state index is 5.23. The Kier molecular flexibility index (Phi) is 3.66. The van der Waals surface area contributed by atoms with E-state index in [0.29, 0.717) is 5.11 Å². The zero-order valence-electron chi connectivity index (χ0n) is 9.29. The number of hydrogen-bond donors (Lipinski definition) is 3. The lowest BCUT2D eigenvalue weighted by molar-refractivity contribution is 0.482. The van der Waals surface area contributed by atoms with Crippen LogP contribution in [0.25, 0.3) is 0 Å². The fourth-order valence-electron chi connectivity index (χ4n) is 1.36. The second kappa shape index (κ2) is 4.59. The highest BCUT2D eigenvalue weighted by Crippen LogP contribution is 2.19. The Bertz CT molecular complexity index is 343. The average molecular weight is 223 g/mol. The second-order valence-electron chi connectivity index (χ2n) is 4.09. The van der Waals surface area contributed by atoms with Gasteiger partial charge in [0.05, 0.1) is 5.54 Å². The molecular weight excluding hydrogens is 206 g/mol. The normalized spacial score (nSPS) is 10.9. The predicted octanol–water partition coefficient (Wildman–Crippen LogP) is 1.57. The van der Waals surface area contributed by atoms with E-state index in [-0.39, 0.29) is 5.54 Å². The van der Waals surface area contributed by atoms with Crippen LogP contribution in [0, 0.1) is 6.92 Å². The molecule has 0 radical (unpaired) electrons. The fraction of sp³-hybridized carbons (Fsp3) is 0.364. The van der Waals surface area contributed by atoms with Crippen molar-refractivity contribution in [2.45, 2.75) is 26.3 Å². The molecule has 0 bridgehead atoms. The Morgan fingerprint density at radius 2 is 1.80 bits per heavy atom. The van der Waals surface area contributed by atoms with E-state index < -0.39 is 0 Å². The molecule has 0 unspecified atom stereocenters. The van der Waals surface area contributed by atoms with Crippen molar-refractivity contribution < 1.29 is 0 Å². The minimum absolute atomic E-state index is 0.225. The summed E-state index contributed by atoms with van der Waals surface area (Å²) < 4.78 is 0. The van der Waals surface area contributed by atoms with Crippen LogP contribution in [0.15, 0.2) is 24.3 Å². The van der Waals surface area contributed by atoms with Crippen LogP contribution in [0.1, 0.15) is 25.0 Å².